The Morgan fingerprint density at radius 3 is 1.09 bits per heavy atom. The average Bonchev–Trinajstić information content (AvgIpc) is 3.17. The first-order valence-corrected chi connectivity index (χ1v) is 19.1. The van der Waals surface area contributed by atoms with E-state index in [4.69, 9.17) is 0 Å². The maximum absolute atomic E-state index is 14.4. The fraction of sp³-hybridized carbons (Fsp3) is 0.200. The summed E-state index contributed by atoms with van der Waals surface area (Å²) >= 11 is 0. The molecule has 0 radical (unpaired) electrons. The van der Waals surface area contributed by atoms with Crippen LogP contribution in [0.4, 0.5) is 0 Å². The van der Waals surface area contributed by atoms with E-state index >= 15 is 0 Å². The van der Waals surface area contributed by atoms with E-state index in [2.05, 4.69) is 103 Å². The van der Waals surface area contributed by atoms with Crippen molar-refractivity contribution in [2.75, 3.05) is 13.1 Å². The Kier molecular flexibility index (Phi) is 7.60. The predicted octanol–water partition coefficient (Wildman–Crippen LogP) is 11.2. The van der Waals surface area contributed by atoms with Gasteiger partial charge in [-0.3, -0.25) is 29.0 Å². The SMILES string of the molecule is C=CCN1C(=O)c2ccc3c4c(-c5ccc(C(C)(C)C)cc5)cc5c6c(ccc(c7c(-c8ccc(C(C)(C)C)cc8)cc(c2c37)C1=O)c64)C(=O)N(CC=C)C5=O. The molecule has 2 aliphatic rings. The minimum atomic E-state index is -0.369. The Labute approximate surface area is 326 Å². The number of nitrogens with zero attached hydrogens (tertiary/aromatic N) is 2. The lowest BCUT2D eigenvalue weighted by Crippen LogP contribution is -2.40. The molecule has 0 unspecified atom stereocenters. The van der Waals surface area contributed by atoms with Crippen LogP contribution in [0.25, 0.3) is 65.3 Å². The highest BCUT2D eigenvalue weighted by atomic mass is 16.2. The quantitative estimate of drug-likeness (QED) is 0.0738. The summed E-state index contributed by atoms with van der Waals surface area (Å²) in [6, 6.07) is 28.3. The number of imide groups is 2. The number of benzene rings is 7. The number of carbonyl (C=O) groups excluding carboxylic acids is 4. The van der Waals surface area contributed by atoms with Crippen molar-refractivity contribution in [2.24, 2.45) is 0 Å². The van der Waals surface area contributed by atoms with Crippen LogP contribution in [0.3, 0.4) is 0 Å². The van der Waals surface area contributed by atoms with Crippen LogP contribution in [-0.2, 0) is 10.8 Å². The van der Waals surface area contributed by atoms with Crippen LogP contribution in [0.15, 0.2) is 110 Å². The Bertz CT molecular complexity index is 2720. The van der Waals surface area contributed by atoms with Gasteiger partial charge >= 0.3 is 0 Å². The van der Waals surface area contributed by atoms with Gasteiger partial charge < -0.3 is 0 Å². The second-order valence-corrected chi connectivity index (χ2v) is 17.2. The molecule has 9 rings (SSSR count). The van der Waals surface area contributed by atoms with E-state index in [1.165, 1.54) is 20.9 Å². The molecule has 0 bridgehead atoms. The molecule has 6 heteroatoms. The van der Waals surface area contributed by atoms with Crippen molar-refractivity contribution in [1.29, 1.82) is 0 Å². The van der Waals surface area contributed by atoms with E-state index in [0.717, 1.165) is 54.6 Å². The number of carbonyl (C=O) groups is 4. The molecule has 0 spiro atoms. The Morgan fingerprint density at radius 1 is 0.429 bits per heavy atom. The summed E-state index contributed by atoms with van der Waals surface area (Å²) in [4.78, 5) is 59.6. The maximum Gasteiger partial charge on any atom is 0.261 e. The summed E-state index contributed by atoms with van der Waals surface area (Å²) in [5.74, 6) is -1.47. The molecule has 0 saturated carbocycles. The highest BCUT2D eigenvalue weighted by Crippen LogP contribution is 2.52. The first-order valence-electron chi connectivity index (χ1n) is 19.1. The summed E-state index contributed by atoms with van der Waals surface area (Å²) in [6.07, 6.45) is 3.14. The van der Waals surface area contributed by atoms with Crippen LogP contribution in [-0.4, -0.2) is 46.5 Å². The number of rotatable bonds is 6. The smallest absolute Gasteiger partial charge is 0.261 e. The molecular formula is C50H42N2O4. The van der Waals surface area contributed by atoms with Crippen molar-refractivity contribution in [3.05, 3.63) is 144 Å². The van der Waals surface area contributed by atoms with Crippen molar-refractivity contribution >= 4 is 66.7 Å². The standard InChI is InChI=1S/C50H42N2O4/c1-9-23-51-45(53)33-21-19-31-40-36(28-13-17-30(18-14-28)50(6,7)8)26-38-42-34(46(54)52(24-10-2)48(38)56)22-20-32(44(40)42)39-35(25-37(47(51)55)41(33)43(31)39)27-11-15-29(16-12-27)49(3,4)5/h9-22,25-26H,1-2,23-24H2,3-8H3. The van der Waals surface area contributed by atoms with Crippen LogP contribution in [0.5, 0.6) is 0 Å². The third-order valence-corrected chi connectivity index (χ3v) is 11.8. The van der Waals surface area contributed by atoms with Crippen LogP contribution in [0.2, 0.25) is 0 Å². The van der Waals surface area contributed by atoms with Crippen molar-refractivity contribution in [3.8, 4) is 22.3 Å². The Morgan fingerprint density at radius 2 is 0.768 bits per heavy atom. The fourth-order valence-corrected chi connectivity index (χ4v) is 8.91. The summed E-state index contributed by atoms with van der Waals surface area (Å²) in [5.41, 5.74) is 7.49. The molecule has 56 heavy (non-hydrogen) atoms. The van der Waals surface area contributed by atoms with Crippen LogP contribution in [0.1, 0.15) is 94.1 Å². The summed E-state index contributed by atoms with van der Waals surface area (Å²) in [7, 11) is 0. The monoisotopic (exact) mass is 734 g/mol. The van der Waals surface area contributed by atoms with Gasteiger partial charge in [-0.15, -0.1) is 13.2 Å². The zero-order chi connectivity index (χ0) is 39.6. The number of hydrogen-bond acceptors (Lipinski definition) is 4. The lowest BCUT2D eigenvalue weighted by atomic mass is 9.77. The Hall–Kier alpha value is -6.40. The zero-order valence-electron chi connectivity index (χ0n) is 32.6. The van der Waals surface area contributed by atoms with Crippen molar-refractivity contribution in [2.45, 2.75) is 52.4 Å². The second kappa shape index (κ2) is 12.0. The van der Waals surface area contributed by atoms with E-state index in [1.807, 2.05) is 36.4 Å². The van der Waals surface area contributed by atoms with Gasteiger partial charge in [0, 0.05) is 46.1 Å². The molecule has 0 N–H and O–H groups in total. The van der Waals surface area contributed by atoms with Gasteiger partial charge in [0.1, 0.15) is 0 Å². The first kappa shape index (κ1) is 35.3. The predicted molar refractivity (Wildman–Crippen MR) is 227 cm³/mol. The minimum absolute atomic E-state index is 0.0725. The third-order valence-electron chi connectivity index (χ3n) is 11.8. The number of amides is 4. The molecule has 7 aromatic rings. The lowest BCUT2D eigenvalue weighted by Gasteiger charge is -2.31. The zero-order valence-corrected chi connectivity index (χ0v) is 32.6. The topological polar surface area (TPSA) is 74.8 Å². The van der Waals surface area contributed by atoms with Crippen LogP contribution in [0, 0.1) is 0 Å². The highest BCUT2D eigenvalue weighted by molar-refractivity contribution is 6.44. The number of hydrogen-bond donors (Lipinski definition) is 0. The molecule has 0 atom stereocenters. The molecule has 6 nitrogen and oxygen atoms in total. The van der Waals surface area contributed by atoms with E-state index in [9.17, 15) is 19.2 Å². The first-order chi connectivity index (χ1) is 26.6. The van der Waals surface area contributed by atoms with Gasteiger partial charge in [0.15, 0.2) is 0 Å². The van der Waals surface area contributed by atoms with Gasteiger partial charge in [0.25, 0.3) is 23.6 Å². The van der Waals surface area contributed by atoms with Gasteiger partial charge in [0.2, 0.25) is 0 Å². The summed E-state index contributed by atoms with van der Waals surface area (Å²) in [6.45, 7) is 20.9. The number of fused-ring (bicyclic) bond motifs is 2. The van der Waals surface area contributed by atoms with Gasteiger partial charge in [-0.1, -0.05) is 114 Å². The normalized spacial score (nSPS) is 14.6. The average molecular weight is 735 g/mol. The Balaban J connectivity index is 1.51. The largest absolute Gasteiger partial charge is 0.270 e. The van der Waals surface area contributed by atoms with E-state index in [0.29, 0.717) is 33.0 Å². The van der Waals surface area contributed by atoms with Gasteiger partial charge in [-0.05, 0) is 101 Å². The molecule has 2 aliphatic heterocycles. The molecule has 0 aromatic heterocycles. The van der Waals surface area contributed by atoms with Crippen molar-refractivity contribution < 1.29 is 19.2 Å². The molecule has 0 saturated heterocycles. The van der Waals surface area contributed by atoms with Crippen molar-refractivity contribution in [3.63, 3.8) is 0 Å². The van der Waals surface area contributed by atoms with Crippen LogP contribution >= 0.6 is 0 Å². The molecule has 2 heterocycles. The van der Waals surface area contributed by atoms with Crippen molar-refractivity contribution in [1.82, 2.24) is 9.80 Å². The molecule has 0 aliphatic carbocycles. The van der Waals surface area contributed by atoms with E-state index in [-0.39, 0.29) is 47.5 Å². The molecular weight excluding hydrogens is 693 g/mol. The second-order valence-electron chi connectivity index (χ2n) is 17.2. The summed E-state index contributed by atoms with van der Waals surface area (Å²) < 4.78 is 0. The van der Waals surface area contributed by atoms with Gasteiger partial charge in [-0.2, -0.15) is 0 Å². The minimum Gasteiger partial charge on any atom is -0.270 e. The molecule has 0 fully saturated rings. The molecule has 7 aromatic carbocycles. The fourth-order valence-electron chi connectivity index (χ4n) is 8.91. The lowest BCUT2D eigenvalue weighted by molar-refractivity contribution is 0.0613. The van der Waals surface area contributed by atoms with Crippen LogP contribution < -0.4 is 0 Å². The maximum atomic E-state index is 14.4. The highest BCUT2D eigenvalue weighted by Gasteiger charge is 2.38. The third kappa shape index (κ3) is 4.88. The van der Waals surface area contributed by atoms with E-state index < -0.39 is 0 Å². The van der Waals surface area contributed by atoms with E-state index in [1.54, 1.807) is 12.2 Å². The molecule has 276 valence electrons. The molecule has 4 amide bonds. The van der Waals surface area contributed by atoms with Gasteiger partial charge in [-0.25, -0.2) is 0 Å². The summed E-state index contributed by atoms with van der Waals surface area (Å²) in [5, 5.41) is 6.23. The van der Waals surface area contributed by atoms with Gasteiger partial charge in [0.05, 0.1) is 0 Å².